The molecule has 0 saturated heterocycles. The quantitative estimate of drug-likeness (QED) is 0.715. The van der Waals surface area contributed by atoms with Gasteiger partial charge in [-0.1, -0.05) is 6.07 Å². The van der Waals surface area contributed by atoms with Gasteiger partial charge in [0.25, 0.3) is 5.91 Å². The number of aromatic nitrogens is 1. The van der Waals surface area contributed by atoms with Crippen LogP contribution in [0.25, 0.3) is 10.9 Å². The Hall–Kier alpha value is -2.34. The summed E-state index contributed by atoms with van der Waals surface area (Å²) in [5, 5.41) is 14.0. The number of aromatic hydroxyl groups is 1. The maximum Gasteiger partial charge on any atom is 0.257 e. The molecule has 0 unspecified atom stereocenters. The molecule has 160 valence electrons. The third-order valence-corrected chi connectivity index (χ3v) is 7.42. The third kappa shape index (κ3) is 3.31. The zero-order valence-corrected chi connectivity index (χ0v) is 17.5. The maximum atomic E-state index is 13.3. The van der Waals surface area contributed by atoms with E-state index in [-0.39, 0.29) is 28.2 Å². The standard InChI is InChI=1S/C24H30N2O4/c1-2-30-7-6-26-14-19(22(28)18-4-3-5-20(27)21(18)26)23(29)25-24-11-15-8-16(12-24)10-17(9-15)13-24/h3-5,14-17,27H,2,6-13H2,1H3,(H,25,29). The zero-order valence-electron chi connectivity index (χ0n) is 17.5. The molecule has 0 atom stereocenters. The Balaban J connectivity index is 1.50. The first kappa shape index (κ1) is 19.6. The van der Waals surface area contributed by atoms with E-state index in [9.17, 15) is 14.7 Å². The van der Waals surface area contributed by atoms with Crippen LogP contribution in [-0.2, 0) is 11.3 Å². The lowest BCUT2D eigenvalue weighted by molar-refractivity contribution is -0.0167. The van der Waals surface area contributed by atoms with Crippen LogP contribution in [0.3, 0.4) is 0 Å². The summed E-state index contributed by atoms with van der Waals surface area (Å²) in [6.45, 7) is 3.41. The molecule has 0 spiro atoms. The number of fused-ring (bicyclic) bond motifs is 1. The minimum atomic E-state index is -0.323. The van der Waals surface area contributed by atoms with Gasteiger partial charge in [0.2, 0.25) is 5.43 Å². The normalized spacial score (nSPS) is 29.4. The molecule has 6 nitrogen and oxygen atoms in total. The first-order valence-electron chi connectivity index (χ1n) is 11.2. The largest absolute Gasteiger partial charge is 0.506 e. The van der Waals surface area contributed by atoms with Gasteiger partial charge in [0.1, 0.15) is 11.3 Å². The number of hydrogen-bond donors (Lipinski definition) is 2. The minimum Gasteiger partial charge on any atom is -0.506 e. The highest BCUT2D eigenvalue weighted by atomic mass is 16.5. The van der Waals surface area contributed by atoms with E-state index in [1.165, 1.54) is 19.3 Å². The van der Waals surface area contributed by atoms with E-state index in [0.29, 0.717) is 48.4 Å². The second kappa shape index (κ2) is 7.41. The number of pyridine rings is 1. The van der Waals surface area contributed by atoms with Crippen molar-refractivity contribution in [1.29, 1.82) is 0 Å². The molecule has 1 aromatic carbocycles. The van der Waals surface area contributed by atoms with Crippen molar-refractivity contribution in [2.75, 3.05) is 13.2 Å². The fraction of sp³-hybridized carbons (Fsp3) is 0.583. The number of phenols is 1. The number of carbonyl (C=O) groups is 1. The van der Waals surface area contributed by atoms with Crippen LogP contribution in [0.2, 0.25) is 0 Å². The van der Waals surface area contributed by atoms with Crippen LogP contribution in [0.1, 0.15) is 55.8 Å². The Morgan fingerprint density at radius 3 is 2.50 bits per heavy atom. The van der Waals surface area contributed by atoms with Crippen LogP contribution < -0.4 is 10.7 Å². The van der Waals surface area contributed by atoms with Gasteiger partial charge < -0.3 is 19.7 Å². The average Bonchev–Trinajstić information content (AvgIpc) is 2.68. The molecule has 0 radical (unpaired) electrons. The molecule has 4 fully saturated rings. The van der Waals surface area contributed by atoms with Crippen molar-refractivity contribution < 1.29 is 14.6 Å². The number of carbonyl (C=O) groups excluding carboxylic acids is 1. The molecule has 1 aromatic heterocycles. The molecule has 4 aliphatic rings. The zero-order chi connectivity index (χ0) is 20.9. The summed E-state index contributed by atoms with van der Waals surface area (Å²) in [5.41, 5.74) is 0.132. The van der Waals surface area contributed by atoms with Crippen molar-refractivity contribution in [3.8, 4) is 5.75 Å². The summed E-state index contributed by atoms with van der Waals surface area (Å²) < 4.78 is 7.24. The molecular formula is C24H30N2O4. The summed E-state index contributed by atoms with van der Waals surface area (Å²) in [7, 11) is 0. The van der Waals surface area contributed by atoms with Crippen molar-refractivity contribution in [2.45, 2.75) is 57.5 Å². The predicted molar refractivity (Wildman–Crippen MR) is 115 cm³/mol. The molecule has 6 heteroatoms. The van der Waals surface area contributed by atoms with E-state index in [1.807, 2.05) is 6.92 Å². The van der Waals surface area contributed by atoms with E-state index in [1.54, 1.807) is 29.0 Å². The highest BCUT2D eigenvalue weighted by Gasteiger charge is 2.51. The predicted octanol–water partition coefficient (Wildman–Crippen LogP) is 3.44. The second-order valence-corrected chi connectivity index (χ2v) is 9.59. The van der Waals surface area contributed by atoms with Crippen LogP contribution in [0, 0.1) is 17.8 Å². The summed E-state index contributed by atoms with van der Waals surface area (Å²) in [4.78, 5) is 26.5. The van der Waals surface area contributed by atoms with Crippen molar-refractivity contribution in [2.24, 2.45) is 17.8 Å². The lowest BCUT2D eigenvalue weighted by Crippen LogP contribution is -2.60. The number of benzene rings is 1. The van der Waals surface area contributed by atoms with Crippen LogP contribution in [0.15, 0.2) is 29.2 Å². The number of ether oxygens (including phenoxy) is 1. The van der Waals surface area contributed by atoms with Gasteiger partial charge >= 0.3 is 0 Å². The van der Waals surface area contributed by atoms with E-state index in [2.05, 4.69) is 5.32 Å². The number of amides is 1. The summed E-state index contributed by atoms with van der Waals surface area (Å²) >= 11 is 0. The van der Waals surface area contributed by atoms with Crippen LogP contribution >= 0.6 is 0 Å². The molecule has 4 saturated carbocycles. The van der Waals surface area contributed by atoms with E-state index in [4.69, 9.17) is 4.74 Å². The molecule has 6 rings (SSSR count). The number of nitrogens with one attached hydrogen (secondary N) is 1. The second-order valence-electron chi connectivity index (χ2n) is 9.59. The van der Waals surface area contributed by atoms with E-state index >= 15 is 0 Å². The molecule has 1 heterocycles. The number of nitrogens with zero attached hydrogens (tertiary/aromatic N) is 1. The Morgan fingerprint density at radius 2 is 1.87 bits per heavy atom. The lowest BCUT2D eigenvalue weighted by atomic mass is 9.53. The lowest BCUT2D eigenvalue weighted by Gasteiger charge is -2.56. The Kier molecular flexibility index (Phi) is 4.85. The van der Waals surface area contributed by atoms with Gasteiger partial charge in [0.15, 0.2) is 0 Å². The molecule has 4 bridgehead atoms. The van der Waals surface area contributed by atoms with Crippen molar-refractivity contribution >= 4 is 16.8 Å². The molecule has 1 amide bonds. The molecule has 0 aliphatic heterocycles. The summed E-state index contributed by atoms with van der Waals surface area (Å²) in [6.07, 6.45) is 8.62. The monoisotopic (exact) mass is 410 g/mol. The summed E-state index contributed by atoms with van der Waals surface area (Å²) in [5.74, 6) is 1.90. The molecule has 30 heavy (non-hydrogen) atoms. The smallest absolute Gasteiger partial charge is 0.257 e. The van der Waals surface area contributed by atoms with Gasteiger partial charge in [-0.2, -0.15) is 0 Å². The number of phenolic OH excluding ortho intramolecular Hbond substituents is 1. The van der Waals surface area contributed by atoms with Gasteiger partial charge in [0.05, 0.1) is 17.5 Å². The van der Waals surface area contributed by atoms with E-state index in [0.717, 1.165) is 19.3 Å². The molecule has 2 N–H and O–H groups in total. The highest BCUT2D eigenvalue weighted by Crippen LogP contribution is 2.55. The van der Waals surface area contributed by atoms with Crippen LogP contribution in [0.4, 0.5) is 0 Å². The SMILES string of the molecule is CCOCCn1cc(C(=O)NC23CC4CC(CC(C4)C2)C3)c(=O)c2cccc(O)c21. The first-order chi connectivity index (χ1) is 14.5. The molecule has 2 aromatic rings. The number of rotatable bonds is 6. The van der Waals surface area contributed by atoms with Gasteiger partial charge in [-0.15, -0.1) is 0 Å². The van der Waals surface area contributed by atoms with Crippen molar-refractivity contribution in [3.05, 3.63) is 40.2 Å². The fourth-order valence-corrected chi connectivity index (χ4v) is 6.66. The van der Waals surface area contributed by atoms with Gasteiger partial charge in [0, 0.05) is 24.9 Å². The third-order valence-electron chi connectivity index (χ3n) is 7.42. The fourth-order valence-electron chi connectivity index (χ4n) is 6.66. The number of para-hydroxylation sites is 1. The first-order valence-corrected chi connectivity index (χ1v) is 11.2. The Bertz CT molecular complexity index is 1010. The maximum absolute atomic E-state index is 13.3. The van der Waals surface area contributed by atoms with Gasteiger partial charge in [-0.3, -0.25) is 9.59 Å². The van der Waals surface area contributed by atoms with Gasteiger partial charge in [-0.25, -0.2) is 0 Å². The summed E-state index contributed by atoms with van der Waals surface area (Å²) in [6, 6.07) is 4.89. The Morgan fingerprint density at radius 1 is 1.20 bits per heavy atom. The Labute approximate surface area is 176 Å². The average molecular weight is 411 g/mol. The topological polar surface area (TPSA) is 80.6 Å². The van der Waals surface area contributed by atoms with Crippen LogP contribution in [0.5, 0.6) is 5.75 Å². The van der Waals surface area contributed by atoms with Crippen molar-refractivity contribution in [3.63, 3.8) is 0 Å². The van der Waals surface area contributed by atoms with Gasteiger partial charge in [-0.05, 0) is 75.3 Å². The number of hydrogen-bond acceptors (Lipinski definition) is 4. The van der Waals surface area contributed by atoms with E-state index < -0.39 is 0 Å². The minimum absolute atomic E-state index is 0.0362. The van der Waals surface area contributed by atoms with Crippen LogP contribution in [-0.4, -0.2) is 34.3 Å². The highest BCUT2D eigenvalue weighted by molar-refractivity contribution is 5.98. The molecule has 4 aliphatic carbocycles. The molecular weight excluding hydrogens is 380 g/mol. The van der Waals surface area contributed by atoms with Crippen molar-refractivity contribution in [1.82, 2.24) is 9.88 Å².